The molecule has 2 unspecified atom stereocenters. The van der Waals surface area contributed by atoms with Gasteiger partial charge >= 0.3 is 39.5 Å². The molecule has 3 N–H and O–H groups in total. The van der Waals surface area contributed by atoms with Crippen molar-refractivity contribution in [2.24, 2.45) is 11.8 Å². The molecule has 0 amide bonds. The lowest BCUT2D eigenvalue weighted by Gasteiger charge is -2.21. The maximum absolute atomic E-state index is 13.1. The van der Waals surface area contributed by atoms with Crippen LogP contribution in [0.2, 0.25) is 0 Å². The van der Waals surface area contributed by atoms with Crippen LogP contribution in [0.25, 0.3) is 0 Å². The van der Waals surface area contributed by atoms with Gasteiger partial charge in [0.05, 0.1) is 26.4 Å². The Morgan fingerprint density at radius 3 is 0.660 bits per heavy atom. The third-order valence-corrected chi connectivity index (χ3v) is 21.6. The summed E-state index contributed by atoms with van der Waals surface area (Å²) >= 11 is 0. The molecule has 0 aromatic carbocycles. The molecular weight excluding hydrogens is 1340 g/mol. The number of esters is 4. The second-order valence-corrected chi connectivity index (χ2v) is 34.1. The minimum Gasteiger partial charge on any atom is -0.462 e. The Morgan fingerprint density at radius 1 is 0.262 bits per heavy atom. The van der Waals surface area contributed by atoms with Crippen molar-refractivity contribution in [2.45, 2.75) is 464 Å². The Labute approximate surface area is 632 Å². The lowest BCUT2D eigenvalue weighted by molar-refractivity contribution is -0.161. The van der Waals surface area contributed by atoms with Crippen molar-refractivity contribution in [3.63, 3.8) is 0 Å². The molecule has 0 bridgehead atoms. The van der Waals surface area contributed by atoms with E-state index in [9.17, 15) is 43.2 Å². The number of phosphoric acid groups is 2. The molecule has 0 spiro atoms. The van der Waals surface area contributed by atoms with Gasteiger partial charge < -0.3 is 33.8 Å². The number of unbranched alkanes of at least 4 members (excludes halogenated alkanes) is 53. The van der Waals surface area contributed by atoms with Gasteiger partial charge in [0, 0.05) is 25.7 Å². The van der Waals surface area contributed by atoms with Crippen molar-refractivity contribution in [2.75, 3.05) is 39.6 Å². The number of carbonyl (C=O) groups excluding carboxylic acids is 4. The smallest absolute Gasteiger partial charge is 0.462 e. The molecule has 0 aliphatic rings. The molecule has 0 rings (SSSR count). The van der Waals surface area contributed by atoms with E-state index in [1.807, 2.05) is 0 Å². The van der Waals surface area contributed by atoms with Gasteiger partial charge in [0.15, 0.2) is 12.2 Å². The standard InChI is InChI=1S/C84H164O17P2/c1-7-9-11-13-15-16-17-18-33-39-44-50-56-62-68-83(88)100-79(72-94-81(86)66-60-54-46-14-12-10-8-2)74-98-102(90,91)96-70-78(85)71-97-103(92,93)99-75-80(101-84(89)69-63-57-51-45-40-35-30-26-22-20-24-28-32-37-42-48-53-59-65-77(5)6)73-95-82(87)67-61-55-49-43-38-34-29-25-21-19-23-27-31-36-41-47-52-58-64-76(3)4/h76-80,85H,7-75H2,1-6H3,(H,90,91)(H,92,93)/t78-,79+,80+/m0/s1. The second kappa shape index (κ2) is 75.5. The first kappa shape index (κ1) is 101. The third kappa shape index (κ3) is 78.0. The molecule has 103 heavy (non-hydrogen) atoms. The first-order valence-corrected chi connectivity index (χ1v) is 46.5. The Bertz CT molecular complexity index is 1980. The van der Waals surface area contributed by atoms with Crippen LogP contribution in [0.15, 0.2) is 0 Å². The Morgan fingerprint density at radius 2 is 0.447 bits per heavy atom. The van der Waals surface area contributed by atoms with Crippen LogP contribution in [-0.2, 0) is 65.4 Å². The summed E-state index contributed by atoms with van der Waals surface area (Å²) in [5, 5.41) is 10.6. The third-order valence-electron chi connectivity index (χ3n) is 19.7. The molecule has 0 heterocycles. The van der Waals surface area contributed by atoms with Gasteiger partial charge in [-0.05, 0) is 37.5 Å². The monoisotopic (exact) mass is 1510 g/mol. The largest absolute Gasteiger partial charge is 0.472 e. The highest BCUT2D eigenvalue weighted by atomic mass is 31.2. The van der Waals surface area contributed by atoms with E-state index in [0.29, 0.717) is 25.7 Å². The van der Waals surface area contributed by atoms with Crippen molar-refractivity contribution in [1.82, 2.24) is 0 Å². The van der Waals surface area contributed by atoms with Gasteiger partial charge in [-0.2, -0.15) is 0 Å². The van der Waals surface area contributed by atoms with E-state index >= 15 is 0 Å². The Kier molecular flexibility index (Phi) is 74.1. The molecule has 0 aliphatic carbocycles. The first-order chi connectivity index (χ1) is 49.9. The highest BCUT2D eigenvalue weighted by Gasteiger charge is 2.30. The maximum atomic E-state index is 13.1. The van der Waals surface area contributed by atoms with Gasteiger partial charge in [-0.15, -0.1) is 0 Å². The molecule has 19 heteroatoms. The fraction of sp³-hybridized carbons (Fsp3) is 0.952. The molecular formula is C84H164O17P2. The van der Waals surface area contributed by atoms with Crippen LogP contribution in [-0.4, -0.2) is 96.7 Å². The molecule has 0 aliphatic heterocycles. The molecule has 612 valence electrons. The highest BCUT2D eigenvalue weighted by molar-refractivity contribution is 7.47. The van der Waals surface area contributed by atoms with Gasteiger partial charge in [-0.3, -0.25) is 37.3 Å². The lowest BCUT2D eigenvalue weighted by atomic mass is 10.0. The minimum atomic E-state index is -4.96. The summed E-state index contributed by atoms with van der Waals surface area (Å²) in [6.07, 6.45) is 66.9. The predicted molar refractivity (Wildman–Crippen MR) is 423 cm³/mol. The molecule has 17 nitrogen and oxygen atoms in total. The van der Waals surface area contributed by atoms with E-state index in [2.05, 4.69) is 41.5 Å². The quantitative estimate of drug-likeness (QED) is 0.0222. The van der Waals surface area contributed by atoms with Gasteiger partial charge in [-0.1, -0.05) is 395 Å². The Hall–Kier alpha value is -1.94. The van der Waals surface area contributed by atoms with Crippen molar-refractivity contribution < 1.29 is 80.2 Å². The van der Waals surface area contributed by atoms with Crippen LogP contribution in [0.3, 0.4) is 0 Å². The number of hydrogen-bond donors (Lipinski definition) is 3. The zero-order valence-corrected chi connectivity index (χ0v) is 69.4. The van der Waals surface area contributed by atoms with Crippen LogP contribution in [0.5, 0.6) is 0 Å². The van der Waals surface area contributed by atoms with Gasteiger partial charge in [0.1, 0.15) is 19.3 Å². The minimum absolute atomic E-state index is 0.108. The summed E-state index contributed by atoms with van der Waals surface area (Å²) in [6.45, 7) is 9.69. The summed E-state index contributed by atoms with van der Waals surface area (Å²) in [5.74, 6) is -0.466. The second-order valence-electron chi connectivity index (χ2n) is 31.2. The molecule has 5 atom stereocenters. The lowest BCUT2D eigenvalue weighted by Crippen LogP contribution is -2.30. The topological polar surface area (TPSA) is 237 Å². The van der Waals surface area contributed by atoms with E-state index in [4.69, 9.17) is 37.0 Å². The fourth-order valence-corrected chi connectivity index (χ4v) is 14.6. The van der Waals surface area contributed by atoms with Gasteiger partial charge in [0.2, 0.25) is 0 Å². The summed E-state index contributed by atoms with van der Waals surface area (Å²) < 4.78 is 68.7. The van der Waals surface area contributed by atoms with E-state index in [0.717, 1.165) is 115 Å². The van der Waals surface area contributed by atoms with Crippen LogP contribution >= 0.6 is 15.6 Å². The number of aliphatic hydroxyl groups excluding tert-OH is 1. The summed E-state index contributed by atoms with van der Waals surface area (Å²) in [5.41, 5.74) is 0. The average molecular weight is 1510 g/mol. The van der Waals surface area contributed by atoms with Gasteiger partial charge in [0.25, 0.3) is 0 Å². The van der Waals surface area contributed by atoms with Crippen molar-refractivity contribution in [3.05, 3.63) is 0 Å². The SMILES string of the molecule is CCCCCCCCCCCCCCCCC(=O)O[C@H](COC(=O)CCCCCCCCC)COP(=O)(O)OC[C@H](O)COP(=O)(O)OC[C@@H](COC(=O)CCCCCCCCCCCCCCCCCCCCC(C)C)OC(=O)CCCCCCCCCCCCCCCCCCCCC(C)C. The van der Waals surface area contributed by atoms with Crippen molar-refractivity contribution in [1.29, 1.82) is 0 Å². The van der Waals surface area contributed by atoms with Crippen LogP contribution in [0.4, 0.5) is 0 Å². The van der Waals surface area contributed by atoms with Crippen LogP contribution in [0, 0.1) is 11.8 Å². The summed E-state index contributed by atoms with van der Waals surface area (Å²) in [7, 11) is -9.92. The molecule has 0 saturated carbocycles. The Balaban J connectivity index is 5.15. The molecule has 0 aromatic rings. The van der Waals surface area contributed by atoms with E-state index < -0.39 is 97.5 Å². The molecule has 0 fully saturated rings. The molecule has 0 aromatic heterocycles. The van der Waals surface area contributed by atoms with E-state index in [-0.39, 0.29) is 25.7 Å². The van der Waals surface area contributed by atoms with Crippen molar-refractivity contribution in [3.8, 4) is 0 Å². The number of phosphoric ester groups is 2. The normalized spacial score (nSPS) is 13.9. The average Bonchev–Trinajstić information content (AvgIpc) is 0.918. The highest BCUT2D eigenvalue weighted by Crippen LogP contribution is 2.45. The molecule has 0 radical (unpaired) electrons. The predicted octanol–water partition coefficient (Wildman–Crippen LogP) is 25.5. The van der Waals surface area contributed by atoms with Gasteiger partial charge in [-0.25, -0.2) is 9.13 Å². The van der Waals surface area contributed by atoms with E-state index in [1.165, 1.54) is 250 Å². The first-order valence-electron chi connectivity index (χ1n) is 43.5. The summed E-state index contributed by atoms with van der Waals surface area (Å²) in [4.78, 5) is 73.0. The van der Waals surface area contributed by atoms with Crippen LogP contribution in [0.1, 0.15) is 446 Å². The number of aliphatic hydroxyl groups is 1. The molecule has 0 saturated heterocycles. The fourth-order valence-electron chi connectivity index (χ4n) is 13.1. The summed E-state index contributed by atoms with van der Waals surface area (Å²) in [6, 6.07) is 0. The zero-order chi connectivity index (χ0) is 75.6. The zero-order valence-electron chi connectivity index (χ0n) is 67.6. The van der Waals surface area contributed by atoms with E-state index in [1.54, 1.807) is 0 Å². The number of hydrogen-bond acceptors (Lipinski definition) is 15. The van der Waals surface area contributed by atoms with Crippen molar-refractivity contribution >= 4 is 39.5 Å². The number of carbonyl (C=O) groups is 4. The van der Waals surface area contributed by atoms with Crippen LogP contribution < -0.4 is 0 Å². The maximum Gasteiger partial charge on any atom is 0.472 e. The number of rotatable bonds is 83. The number of ether oxygens (including phenoxy) is 4.